The Labute approximate surface area is 223 Å². The summed E-state index contributed by atoms with van der Waals surface area (Å²) in [6.45, 7) is 7.57. The van der Waals surface area contributed by atoms with Crippen LogP contribution in [0.2, 0.25) is 0 Å². The number of carbonyl (C=O) groups excluding carboxylic acids is 1. The predicted octanol–water partition coefficient (Wildman–Crippen LogP) is 8.07. The van der Waals surface area contributed by atoms with Crippen LogP contribution < -0.4 is 4.74 Å². The molecule has 38 heavy (non-hydrogen) atoms. The zero-order valence-electron chi connectivity index (χ0n) is 22.2. The summed E-state index contributed by atoms with van der Waals surface area (Å²) in [7, 11) is 0. The van der Waals surface area contributed by atoms with Crippen molar-refractivity contribution < 1.29 is 22.7 Å². The monoisotopic (exact) mass is 523 g/mol. The second kappa shape index (κ2) is 12.1. The number of piperidine rings is 1. The van der Waals surface area contributed by atoms with Crippen molar-refractivity contribution in [2.45, 2.75) is 58.2 Å². The van der Waals surface area contributed by atoms with Gasteiger partial charge in [0.05, 0.1) is 11.5 Å². The van der Waals surface area contributed by atoms with E-state index >= 15 is 0 Å². The first kappa shape index (κ1) is 27.7. The molecule has 6 heteroatoms. The summed E-state index contributed by atoms with van der Waals surface area (Å²) in [6.07, 6.45) is -2.15. The number of halogens is 3. The average molecular weight is 524 g/mol. The summed E-state index contributed by atoms with van der Waals surface area (Å²) in [5.41, 5.74) is 2.53. The van der Waals surface area contributed by atoms with Gasteiger partial charge in [0.1, 0.15) is 11.9 Å². The first-order valence-electron chi connectivity index (χ1n) is 13.4. The van der Waals surface area contributed by atoms with Crippen LogP contribution in [0, 0.1) is 11.8 Å². The fourth-order valence-electron chi connectivity index (χ4n) is 5.39. The van der Waals surface area contributed by atoms with Crippen LogP contribution in [0.4, 0.5) is 13.2 Å². The molecular formula is C32H36F3NO2. The van der Waals surface area contributed by atoms with Gasteiger partial charge >= 0.3 is 6.18 Å². The van der Waals surface area contributed by atoms with Crippen LogP contribution in [0.15, 0.2) is 78.9 Å². The first-order chi connectivity index (χ1) is 18.1. The van der Waals surface area contributed by atoms with E-state index in [1.165, 1.54) is 17.7 Å². The average Bonchev–Trinajstić information content (AvgIpc) is 2.91. The topological polar surface area (TPSA) is 29.5 Å². The lowest BCUT2D eigenvalue weighted by molar-refractivity contribution is -0.137. The number of nitrogens with zero attached hydrogens (tertiary/aromatic N) is 1. The second-order valence-corrected chi connectivity index (χ2v) is 10.7. The van der Waals surface area contributed by atoms with Gasteiger partial charge < -0.3 is 9.64 Å². The van der Waals surface area contributed by atoms with E-state index in [-0.39, 0.29) is 23.8 Å². The van der Waals surface area contributed by atoms with Crippen molar-refractivity contribution in [2.24, 2.45) is 11.8 Å². The molecule has 3 nitrogen and oxygen atoms in total. The second-order valence-electron chi connectivity index (χ2n) is 10.7. The first-order valence-corrected chi connectivity index (χ1v) is 13.4. The largest absolute Gasteiger partial charge is 0.485 e. The molecule has 0 aromatic heterocycles. The highest BCUT2D eigenvalue weighted by Gasteiger charge is 2.34. The van der Waals surface area contributed by atoms with E-state index in [2.05, 4.69) is 26.0 Å². The van der Waals surface area contributed by atoms with Crippen molar-refractivity contribution in [2.75, 3.05) is 13.1 Å². The third kappa shape index (κ3) is 6.77. The Morgan fingerprint density at radius 2 is 1.61 bits per heavy atom. The fourth-order valence-corrected chi connectivity index (χ4v) is 5.39. The minimum atomic E-state index is -4.40. The summed E-state index contributed by atoms with van der Waals surface area (Å²) in [4.78, 5) is 15.7. The molecule has 1 amide bonds. The number of benzene rings is 3. The van der Waals surface area contributed by atoms with Crippen LogP contribution in [0.5, 0.6) is 5.75 Å². The molecule has 3 aromatic carbocycles. The van der Waals surface area contributed by atoms with Gasteiger partial charge in [-0.3, -0.25) is 4.79 Å². The molecule has 202 valence electrons. The molecule has 0 aliphatic carbocycles. The summed E-state index contributed by atoms with van der Waals surface area (Å²) in [5.74, 6) is 0.732. The van der Waals surface area contributed by atoms with Gasteiger partial charge in [0.25, 0.3) is 0 Å². The molecule has 1 fully saturated rings. The summed E-state index contributed by atoms with van der Waals surface area (Å²) >= 11 is 0. The maximum absolute atomic E-state index is 13.7. The minimum Gasteiger partial charge on any atom is -0.485 e. The molecule has 1 aliphatic heterocycles. The Morgan fingerprint density at radius 1 is 0.947 bits per heavy atom. The molecule has 3 aromatic rings. The Bertz CT molecular complexity index is 1190. The standard InChI is InChI=1S/C32H36F3NO2/c1-22(2)20-25-12-7-8-14-29(25)23(3)31(37)36-19-9-13-26(21-36)30(24-10-5-4-6-11-24)38-28-17-15-27(16-18-28)32(33,34)35/h4-8,10-12,14-18,22-23,26,30H,9,13,19-21H2,1-3H3/t23?,26?,30-/m1/s1. The number of alkyl halides is 3. The maximum Gasteiger partial charge on any atom is 0.416 e. The number of hydrogen-bond acceptors (Lipinski definition) is 2. The zero-order valence-corrected chi connectivity index (χ0v) is 22.2. The van der Waals surface area contributed by atoms with Gasteiger partial charge in [-0.05, 0) is 73.1 Å². The van der Waals surface area contributed by atoms with Gasteiger partial charge in [0.15, 0.2) is 0 Å². The quantitative estimate of drug-likeness (QED) is 0.299. The lowest BCUT2D eigenvalue weighted by Crippen LogP contribution is -2.44. The fraction of sp³-hybridized carbons (Fsp3) is 0.406. The number of rotatable bonds is 8. The van der Waals surface area contributed by atoms with Gasteiger partial charge in [-0.15, -0.1) is 0 Å². The van der Waals surface area contributed by atoms with E-state index in [9.17, 15) is 18.0 Å². The van der Waals surface area contributed by atoms with Crippen LogP contribution in [0.25, 0.3) is 0 Å². The van der Waals surface area contributed by atoms with Crippen LogP contribution in [-0.4, -0.2) is 23.9 Å². The Kier molecular flexibility index (Phi) is 8.80. The highest BCUT2D eigenvalue weighted by Crippen LogP contribution is 2.37. The number of ether oxygens (including phenoxy) is 1. The van der Waals surface area contributed by atoms with E-state index in [0.717, 1.165) is 42.5 Å². The van der Waals surface area contributed by atoms with Crippen molar-refractivity contribution in [1.29, 1.82) is 0 Å². The smallest absolute Gasteiger partial charge is 0.416 e. The van der Waals surface area contributed by atoms with Gasteiger partial charge in [-0.1, -0.05) is 68.4 Å². The van der Waals surface area contributed by atoms with Gasteiger partial charge in [0, 0.05) is 19.0 Å². The van der Waals surface area contributed by atoms with Crippen molar-refractivity contribution >= 4 is 5.91 Å². The molecule has 1 heterocycles. The van der Waals surface area contributed by atoms with Crippen LogP contribution >= 0.6 is 0 Å². The van der Waals surface area contributed by atoms with E-state index in [1.54, 1.807) is 0 Å². The van der Waals surface area contributed by atoms with Crippen LogP contribution in [0.3, 0.4) is 0 Å². The lowest BCUT2D eigenvalue weighted by atomic mass is 9.86. The van der Waals surface area contributed by atoms with Gasteiger partial charge in [-0.2, -0.15) is 13.2 Å². The number of hydrogen-bond donors (Lipinski definition) is 0. The SMILES string of the molecule is CC(C)Cc1ccccc1C(C)C(=O)N1CCCC([C@H](Oc2ccc(C(F)(F)F)cc2)c2ccccc2)C1. The zero-order chi connectivity index (χ0) is 27.3. The van der Waals surface area contributed by atoms with E-state index in [0.29, 0.717) is 24.8 Å². The molecular weight excluding hydrogens is 487 g/mol. The van der Waals surface area contributed by atoms with Gasteiger partial charge in [-0.25, -0.2) is 0 Å². The number of amides is 1. The van der Waals surface area contributed by atoms with E-state index in [1.807, 2.05) is 54.3 Å². The molecule has 0 spiro atoms. The van der Waals surface area contributed by atoms with Crippen molar-refractivity contribution in [3.05, 3.63) is 101 Å². The highest BCUT2D eigenvalue weighted by molar-refractivity contribution is 5.84. The summed E-state index contributed by atoms with van der Waals surface area (Å²) in [5, 5.41) is 0. The normalized spacial score (nSPS) is 17.8. The van der Waals surface area contributed by atoms with E-state index < -0.39 is 11.7 Å². The maximum atomic E-state index is 13.7. The van der Waals surface area contributed by atoms with Crippen LogP contribution in [-0.2, 0) is 17.4 Å². The molecule has 0 saturated carbocycles. The molecule has 1 aliphatic rings. The summed E-state index contributed by atoms with van der Waals surface area (Å²) < 4.78 is 45.5. The third-order valence-corrected chi connectivity index (χ3v) is 7.29. The van der Waals surface area contributed by atoms with Gasteiger partial charge in [0.2, 0.25) is 5.91 Å². The third-order valence-electron chi connectivity index (χ3n) is 7.29. The molecule has 4 rings (SSSR count). The Balaban J connectivity index is 1.54. The van der Waals surface area contributed by atoms with E-state index in [4.69, 9.17) is 4.74 Å². The summed E-state index contributed by atoms with van der Waals surface area (Å²) in [6, 6.07) is 22.8. The Hall–Kier alpha value is -3.28. The predicted molar refractivity (Wildman–Crippen MR) is 144 cm³/mol. The van der Waals surface area contributed by atoms with Crippen LogP contribution in [0.1, 0.15) is 67.9 Å². The molecule has 0 radical (unpaired) electrons. The Morgan fingerprint density at radius 3 is 2.26 bits per heavy atom. The molecule has 0 bridgehead atoms. The van der Waals surface area contributed by atoms with Crippen molar-refractivity contribution in [1.82, 2.24) is 4.90 Å². The highest BCUT2D eigenvalue weighted by atomic mass is 19.4. The molecule has 1 saturated heterocycles. The van der Waals surface area contributed by atoms with Crippen molar-refractivity contribution in [3.63, 3.8) is 0 Å². The molecule has 3 atom stereocenters. The molecule has 2 unspecified atom stereocenters. The number of carbonyl (C=O) groups is 1. The lowest BCUT2D eigenvalue weighted by Gasteiger charge is -2.38. The van der Waals surface area contributed by atoms with Crippen molar-refractivity contribution in [3.8, 4) is 5.75 Å². The minimum absolute atomic E-state index is 0.00972. The number of likely N-dealkylation sites (tertiary alicyclic amines) is 1. The molecule has 0 N–H and O–H groups in total.